The van der Waals surface area contributed by atoms with Crippen molar-refractivity contribution >= 4 is 33.7 Å². The van der Waals surface area contributed by atoms with Crippen molar-refractivity contribution in [2.75, 3.05) is 0 Å². The predicted octanol–water partition coefficient (Wildman–Crippen LogP) is 6.77. The van der Waals surface area contributed by atoms with Gasteiger partial charge in [0.05, 0.1) is 16.1 Å². The maximum absolute atomic E-state index is 13.8. The van der Waals surface area contributed by atoms with Crippen molar-refractivity contribution in [3.05, 3.63) is 65.0 Å². The maximum Gasteiger partial charge on any atom is 0.177 e. The van der Waals surface area contributed by atoms with Crippen LogP contribution in [-0.4, -0.2) is 19.9 Å². The first-order chi connectivity index (χ1) is 14.6. The van der Waals surface area contributed by atoms with Crippen molar-refractivity contribution in [3.63, 3.8) is 0 Å². The smallest absolute Gasteiger partial charge is 0.177 e. The summed E-state index contributed by atoms with van der Waals surface area (Å²) >= 11 is 6.08. The fourth-order valence-corrected chi connectivity index (χ4v) is 5.30. The molecule has 1 aromatic carbocycles. The summed E-state index contributed by atoms with van der Waals surface area (Å²) in [6, 6.07) is 8.84. The molecule has 1 N–H and O–H groups in total. The van der Waals surface area contributed by atoms with E-state index in [-0.39, 0.29) is 5.82 Å². The molecule has 5 rings (SSSR count). The average Bonchev–Trinajstić information content (AvgIpc) is 3.17. The third kappa shape index (κ3) is 3.56. The highest BCUT2D eigenvalue weighted by atomic mass is 35.5. The van der Waals surface area contributed by atoms with E-state index in [0.717, 1.165) is 60.0 Å². The number of nitrogens with one attached hydrogen (secondary N) is 1. The molecular formula is C24H24ClFN4. The van der Waals surface area contributed by atoms with Crippen LogP contribution in [0.5, 0.6) is 0 Å². The molecule has 1 aliphatic carbocycles. The van der Waals surface area contributed by atoms with Gasteiger partial charge in [-0.15, -0.1) is 0 Å². The number of nitrogens with zero attached hydrogens (tertiary/aromatic N) is 3. The predicted molar refractivity (Wildman–Crippen MR) is 118 cm³/mol. The molecule has 1 aliphatic rings. The molecule has 6 heteroatoms. The number of aromatic amines is 1. The first-order valence-electron chi connectivity index (χ1n) is 10.7. The quantitative estimate of drug-likeness (QED) is 0.395. The van der Waals surface area contributed by atoms with Gasteiger partial charge >= 0.3 is 0 Å². The number of H-pyrrole nitrogens is 1. The van der Waals surface area contributed by atoms with E-state index < -0.39 is 0 Å². The topological polar surface area (TPSA) is 54.5 Å². The Balaban J connectivity index is 1.36. The molecule has 1 fully saturated rings. The molecule has 0 amide bonds. The third-order valence-corrected chi connectivity index (χ3v) is 6.84. The molecule has 154 valence electrons. The normalized spacial score (nSPS) is 20.6. The first-order valence-corrected chi connectivity index (χ1v) is 11.1. The molecule has 0 unspecified atom stereocenters. The van der Waals surface area contributed by atoms with Crippen LogP contribution in [0.3, 0.4) is 0 Å². The Morgan fingerprint density at radius 2 is 1.97 bits per heavy atom. The monoisotopic (exact) mass is 422 g/mol. The van der Waals surface area contributed by atoms with E-state index in [2.05, 4.69) is 27.9 Å². The summed E-state index contributed by atoms with van der Waals surface area (Å²) in [4.78, 5) is 16.9. The summed E-state index contributed by atoms with van der Waals surface area (Å²) in [7, 11) is 0. The molecule has 3 heterocycles. The van der Waals surface area contributed by atoms with Crippen LogP contribution in [0.2, 0.25) is 5.02 Å². The Bertz CT molecular complexity index is 1200. The maximum atomic E-state index is 13.8. The Morgan fingerprint density at radius 3 is 2.77 bits per heavy atom. The Kier molecular flexibility index (Phi) is 5.15. The second-order valence-electron chi connectivity index (χ2n) is 8.33. The molecule has 3 aromatic heterocycles. The summed E-state index contributed by atoms with van der Waals surface area (Å²) in [5, 5.41) is 1.57. The lowest BCUT2D eigenvalue weighted by Gasteiger charge is -2.33. The number of benzene rings is 1. The Labute approximate surface area is 179 Å². The van der Waals surface area contributed by atoms with Gasteiger partial charge in [-0.2, -0.15) is 0 Å². The van der Waals surface area contributed by atoms with E-state index in [9.17, 15) is 4.39 Å². The number of fused-ring (bicyclic) bond motifs is 2. The molecule has 4 aromatic rings. The Morgan fingerprint density at radius 1 is 1.13 bits per heavy atom. The van der Waals surface area contributed by atoms with Gasteiger partial charge in [-0.25, -0.2) is 14.4 Å². The fourth-order valence-electron chi connectivity index (χ4n) is 5.15. The SMILES string of the molecule is CC[C@H](c1nc2ncc(Cl)cc2[nH]1)C1CCC(c2ccnc3ccc(F)cc23)CC1. The number of pyridine rings is 2. The van der Waals surface area contributed by atoms with Crippen LogP contribution < -0.4 is 0 Å². The number of halogens is 2. The molecule has 0 radical (unpaired) electrons. The number of aromatic nitrogens is 4. The first kappa shape index (κ1) is 19.4. The fraction of sp³-hybridized carbons (Fsp3) is 0.375. The van der Waals surface area contributed by atoms with Crippen LogP contribution in [0.4, 0.5) is 4.39 Å². The van der Waals surface area contributed by atoms with Crippen molar-refractivity contribution in [2.45, 2.75) is 50.9 Å². The molecule has 4 nitrogen and oxygen atoms in total. The lowest BCUT2D eigenvalue weighted by molar-refractivity contribution is 0.272. The summed E-state index contributed by atoms with van der Waals surface area (Å²) in [6.45, 7) is 2.23. The van der Waals surface area contributed by atoms with Gasteiger partial charge in [0.25, 0.3) is 0 Å². The van der Waals surface area contributed by atoms with Gasteiger partial charge in [0.2, 0.25) is 0 Å². The van der Waals surface area contributed by atoms with Crippen LogP contribution >= 0.6 is 11.6 Å². The molecule has 0 saturated heterocycles. The van der Waals surface area contributed by atoms with E-state index in [1.54, 1.807) is 18.3 Å². The van der Waals surface area contributed by atoms with E-state index in [4.69, 9.17) is 16.6 Å². The van der Waals surface area contributed by atoms with Crippen molar-refractivity contribution in [1.82, 2.24) is 19.9 Å². The van der Waals surface area contributed by atoms with Crippen molar-refractivity contribution in [3.8, 4) is 0 Å². The third-order valence-electron chi connectivity index (χ3n) is 6.63. The van der Waals surface area contributed by atoms with Crippen LogP contribution in [0, 0.1) is 11.7 Å². The standard InChI is InChI=1S/C24H24ClFN4/c1-2-18(23-29-22-11-16(25)13-28-24(22)30-23)14-3-5-15(6-4-14)19-9-10-27-21-8-7-17(26)12-20(19)21/h7-15,18H,2-6H2,1H3,(H,28,29,30)/t14?,15?,18-/m0/s1. The minimum atomic E-state index is -0.199. The summed E-state index contributed by atoms with van der Waals surface area (Å²) < 4.78 is 13.8. The van der Waals surface area contributed by atoms with Gasteiger partial charge in [-0.3, -0.25) is 4.98 Å². The number of hydrogen-bond donors (Lipinski definition) is 1. The van der Waals surface area contributed by atoms with Crippen LogP contribution in [0.15, 0.2) is 42.7 Å². The molecule has 0 bridgehead atoms. The summed E-state index contributed by atoms with van der Waals surface area (Å²) in [5.41, 5.74) is 3.73. The molecule has 1 atom stereocenters. The van der Waals surface area contributed by atoms with Crippen LogP contribution in [0.25, 0.3) is 22.1 Å². The zero-order valence-electron chi connectivity index (χ0n) is 16.9. The summed E-state index contributed by atoms with van der Waals surface area (Å²) in [6.07, 6.45) is 8.99. The molecular weight excluding hydrogens is 399 g/mol. The minimum Gasteiger partial charge on any atom is -0.340 e. The van der Waals surface area contributed by atoms with E-state index >= 15 is 0 Å². The lowest BCUT2D eigenvalue weighted by atomic mass is 9.72. The Hall–Kier alpha value is -2.53. The van der Waals surface area contributed by atoms with Gasteiger partial charge in [-0.05, 0) is 79.8 Å². The van der Waals surface area contributed by atoms with Gasteiger partial charge < -0.3 is 4.98 Å². The molecule has 0 spiro atoms. The van der Waals surface area contributed by atoms with Crippen molar-refractivity contribution < 1.29 is 4.39 Å². The van der Waals surface area contributed by atoms with Crippen LogP contribution in [-0.2, 0) is 0 Å². The van der Waals surface area contributed by atoms with E-state index in [0.29, 0.717) is 22.8 Å². The highest BCUT2D eigenvalue weighted by molar-refractivity contribution is 6.31. The molecule has 0 aliphatic heterocycles. The second kappa shape index (κ2) is 7.95. The zero-order chi connectivity index (χ0) is 20.7. The number of imidazole rings is 1. The van der Waals surface area contributed by atoms with Gasteiger partial charge in [0.15, 0.2) is 5.65 Å². The zero-order valence-corrected chi connectivity index (χ0v) is 17.7. The highest BCUT2D eigenvalue weighted by Crippen LogP contribution is 2.44. The second-order valence-corrected chi connectivity index (χ2v) is 8.77. The lowest BCUT2D eigenvalue weighted by Crippen LogP contribution is -2.20. The minimum absolute atomic E-state index is 0.199. The van der Waals surface area contributed by atoms with Crippen molar-refractivity contribution in [1.29, 1.82) is 0 Å². The van der Waals surface area contributed by atoms with E-state index in [1.807, 2.05) is 12.3 Å². The molecule has 30 heavy (non-hydrogen) atoms. The van der Waals surface area contributed by atoms with Gasteiger partial charge in [0.1, 0.15) is 11.6 Å². The summed E-state index contributed by atoms with van der Waals surface area (Å²) in [5.74, 6) is 2.22. The van der Waals surface area contributed by atoms with E-state index in [1.165, 1.54) is 11.6 Å². The van der Waals surface area contributed by atoms with Gasteiger partial charge in [-0.1, -0.05) is 18.5 Å². The largest absolute Gasteiger partial charge is 0.340 e. The highest BCUT2D eigenvalue weighted by Gasteiger charge is 2.30. The van der Waals surface area contributed by atoms with Crippen LogP contribution in [0.1, 0.15) is 62.3 Å². The number of rotatable bonds is 4. The number of hydrogen-bond acceptors (Lipinski definition) is 3. The molecule has 1 saturated carbocycles. The average molecular weight is 423 g/mol. The van der Waals surface area contributed by atoms with Crippen molar-refractivity contribution in [2.24, 2.45) is 5.92 Å². The van der Waals surface area contributed by atoms with Gasteiger partial charge in [0, 0.05) is 23.7 Å².